The van der Waals surface area contributed by atoms with Gasteiger partial charge in [0.2, 0.25) is 5.43 Å². The Morgan fingerprint density at radius 2 is 1.98 bits per heavy atom. The van der Waals surface area contributed by atoms with E-state index in [1.54, 1.807) is 16.6 Å². The van der Waals surface area contributed by atoms with Gasteiger partial charge in [-0.1, -0.05) is 36.4 Å². The zero-order valence-electron chi connectivity index (χ0n) is 23.1. The molecule has 9 nitrogen and oxygen atoms in total. The lowest BCUT2D eigenvalue weighted by atomic mass is 10.0. The van der Waals surface area contributed by atoms with Crippen molar-refractivity contribution in [1.29, 1.82) is 0 Å². The Hall–Kier alpha value is -4.19. The monoisotopic (exact) mass is 596 g/mol. The van der Waals surface area contributed by atoms with E-state index in [-0.39, 0.29) is 47.7 Å². The minimum absolute atomic E-state index is 0.000635. The highest BCUT2D eigenvalue weighted by atomic mass is 32.2. The normalized spacial score (nSPS) is 23.4. The number of rotatable bonds is 6. The van der Waals surface area contributed by atoms with Gasteiger partial charge in [-0.25, -0.2) is 13.2 Å². The molecule has 1 fully saturated rings. The lowest BCUT2D eigenvalue weighted by Crippen LogP contribution is -2.55. The minimum atomic E-state index is -1.08. The number of methoxy groups -OCH3 is 1. The Morgan fingerprint density at radius 3 is 2.71 bits per heavy atom. The van der Waals surface area contributed by atoms with E-state index in [1.807, 2.05) is 37.3 Å². The van der Waals surface area contributed by atoms with Gasteiger partial charge in [-0.3, -0.25) is 14.4 Å². The van der Waals surface area contributed by atoms with E-state index in [0.717, 1.165) is 29.9 Å². The smallest absolute Gasteiger partial charge is 0.274 e. The molecule has 2 amide bonds. The van der Waals surface area contributed by atoms with Crippen LogP contribution >= 0.6 is 11.1 Å². The van der Waals surface area contributed by atoms with E-state index < -0.39 is 38.9 Å². The van der Waals surface area contributed by atoms with E-state index in [2.05, 4.69) is 5.32 Å². The lowest BCUT2D eigenvalue weighted by Gasteiger charge is -2.46. The van der Waals surface area contributed by atoms with Crippen molar-refractivity contribution >= 4 is 28.8 Å². The molecule has 42 heavy (non-hydrogen) atoms. The van der Waals surface area contributed by atoms with Gasteiger partial charge in [0.05, 0.1) is 20.1 Å². The van der Waals surface area contributed by atoms with E-state index >= 15 is 0 Å². The third-order valence-corrected chi connectivity index (χ3v) is 10.7. The maximum atomic E-state index is 14.3. The van der Waals surface area contributed by atoms with Gasteiger partial charge in [-0.2, -0.15) is 0 Å². The fourth-order valence-corrected chi connectivity index (χ4v) is 8.56. The molecule has 3 aliphatic heterocycles. The zero-order chi connectivity index (χ0) is 29.6. The molecule has 1 aromatic heterocycles. The highest BCUT2D eigenvalue weighted by Crippen LogP contribution is 2.58. The summed E-state index contributed by atoms with van der Waals surface area (Å²) in [7, 11) is 1.56. The average molecular weight is 597 g/mol. The van der Waals surface area contributed by atoms with E-state index in [0.29, 0.717) is 18.9 Å². The molecule has 3 aromatic rings. The molecule has 4 heterocycles. The summed E-state index contributed by atoms with van der Waals surface area (Å²) in [5.41, 5.74) is -0.0854. The van der Waals surface area contributed by atoms with Crippen LogP contribution in [0, 0.1) is 11.6 Å². The molecule has 1 saturated heterocycles. The first-order valence-electron chi connectivity index (χ1n) is 13.6. The molecule has 0 radical (unpaired) electrons. The van der Waals surface area contributed by atoms with Gasteiger partial charge in [0.1, 0.15) is 28.7 Å². The largest absolute Gasteiger partial charge is 0.484 e. The summed E-state index contributed by atoms with van der Waals surface area (Å²) >= 11 is -1.08. The molecule has 2 aromatic carbocycles. The molecule has 220 valence electrons. The Balaban J connectivity index is 1.47. The molecular formula is C30H30F2N4O5S. The van der Waals surface area contributed by atoms with Crippen molar-refractivity contribution in [2.24, 2.45) is 4.40 Å². The quantitative estimate of drug-likeness (QED) is 0.421. The number of nitrogens with one attached hydrogen (secondary N) is 1. The molecule has 0 saturated carbocycles. The fraction of sp³-hybridized carbons (Fsp3) is 0.333. The number of thiol groups is 1. The summed E-state index contributed by atoms with van der Waals surface area (Å²) in [6.45, 7) is 2.06. The van der Waals surface area contributed by atoms with Crippen LogP contribution in [0.15, 0.2) is 63.9 Å². The number of pyridine rings is 1. The second-order valence-electron chi connectivity index (χ2n) is 10.7. The van der Waals surface area contributed by atoms with Gasteiger partial charge in [0, 0.05) is 30.4 Å². The van der Waals surface area contributed by atoms with Crippen LogP contribution in [0.5, 0.6) is 5.75 Å². The topological polar surface area (TPSA) is 102 Å². The predicted molar refractivity (Wildman–Crippen MR) is 155 cm³/mol. The van der Waals surface area contributed by atoms with E-state index in [4.69, 9.17) is 13.9 Å². The number of carbonyl (C=O) groups excluding carboxylic acids is 2. The van der Waals surface area contributed by atoms with Gasteiger partial charge in [-0.05, 0) is 30.7 Å². The average Bonchev–Trinajstić information content (AvgIpc) is 3.29. The van der Waals surface area contributed by atoms with Gasteiger partial charge < -0.3 is 24.3 Å². The summed E-state index contributed by atoms with van der Waals surface area (Å²) in [6.07, 6.45) is 2.54. The first-order chi connectivity index (χ1) is 20.2. The number of hydrogen-bond acceptors (Lipinski definition) is 6. The van der Waals surface area contributed by atoms with Crippen LogP contribution in [0.2, 0.25) is 0 Å². The van der Waals surface area contributed by atoms with Crippen LogP contribution < -0.4 is 15.5 Å². The number of fused-ring (bicyclic) bond motifs is 2. The Kier molecular flexibility index (Phi) is 7.25. The third-order valence-electron chi connectivity index (χ3n) is 8.10. The Bertz CT molecular complexity index is 1660. The molecule has 3 atom stereocenters. The molecular weight excluding hydrogens is 566 g/mol. The first kappa shape index (κ1) is 28.0. The number of halogens is 2. The van der Waals surface area contributed by atoms with Gasteiger partial charge in [-0.15, -0.1) is 11.1 Å². The van der Waals surface area contributed by atoms with Gasteiger partial charge >= 0.3 is 0 Å². The molecule has 0 aliphatic carbocycles. The highest BCUT2D eigenvalue weighted by Gasteiger charge is 2.54. The summed E-state index contributed by atoms with van der Waals surface area (Å²) in [5, 5.41) is 2.57. The van der Waals surface area contributed by atoms with Crippen molar-refractivity contribution in [2.45, 2.75) is 43.8 Å². The van der Waals surface area contributed by atoms with Crippen LogP contribution in [0.25, 0.3) is 0 Å². The van der Waals surface area contributed by atoms with Gasteiger partial charge in [0.15, 0.2) is 17.3 Å². The molecule has 2 unspecified atom stereocenters. The van der Waals surface area contributed by atoms with Crippen molar-refractivity contribution in [2.75, 3.05) is 19.4 Å². The van der Waals surface area contributed by atoms with Crippen molar-refractivity contribution < 1.29 is 27.8 Å². The summed E-state index contributed by atoms with van der Waals surface area (Å²) in [5.74, 6) is -1.60. The molecule has 2 bridgehead atoms. The number of amides is 2. The second-order valence-corrected chi connectivity index (χ2v) is 12.9. The molecule has 1 N–H and O–H groups in total. The fourth-order valence-electron chi connectivity index (χ4n) is 5.77. The van der Waals surface area contributed by atoms with Crippen LogP contribution in [-0.2, 0) is 22.8 Å². The first-order valence-corrected chi connectivity index (χ1v) is 15.1. The predicted octanol–water partition coefficient (Wildman–Crippen LogP) is 3.90. The number of carbonyl (C=O) groups is 2. The minimum Gasteiger partial charge on any atom is -0.484 e. The number of ether oxygens (including phenoxy) is 2. The summed E-state index contributed by atoms with van der Waals surface area (Å²) in [4.78, 5) is 42.5. The van der Waals surface area contributed by atoms with Crippen molar-refractivity contribution in [3.05, 3.63) is 99.0 Å². The zero-order valence-corrected chi connectivity index (χ0v) is 24.0. The van der Waals surface area contributed by atoms with E-state index in [9.17, 15) is 23.2 Å². The number of aromatic nitrogens is 1. The maximum absolute atomic E-state index is 14.3. The van der Waals surface area contributed by atoms with Crippen LogP contribution in [0.3, 0.4) is 0 Å². The molecule has 6 rings (SSSR count). The van der Waals surface area contributed by atoms with Gasteiger partial charge in [0.25, 0.3) is 11.8 Å². The number of nitrogens with zero attached hydrogens (tertiary/aromatic N) is 3. The molecule has 3 aliphatic rings. The SMILES string of the molecule is COC1=N[SH]2CC[C@H](C)N3CC2(C1)n1cc(C(=O)NCc2ccc(F)cc2F)c(=O)c(OCc2ccccc2)c1C3=O. The van der Waals surface area contributed by atoms with Crippen molar-refractivity contribution in [1.82, 2.24) is 14.8 Å². The summed E-state index contributed by atoms with van der Waals surface area (Å²) < 4.78 is 45.9. The number of hydrogen-bond donors (Lipinski definition) is 2. The molecule has 1 spiro atoms. The van der Waals surface area contributed by atoms with Crippen LogP contribution in [0.1, 0.15) is 51.7 Å². The Morgan fingerprint density at radius 1 is 1.19 bits per heavy atom. The maximum Gasteiger partial charge on any atom is 0.274 e. The number of benzene rings is 2. The molecule has 12 heteroatoms. The highest BCUT2D eigenvalue weighted by molar-refractivity contribution is 8.17. The Labute approximate surface area is 243 Å². The van der Waals surface area contributed by atoms with E-state index in [1.165, 1.54) is 12.3 Å². The van der Waals surface area contributed by atoms with Crippen molar-refractivity contribution in [3.8, 4) is 5.75 Å². The lowest BCUT2D eigenvalue weighted by molar-refractivity contribution is 0.0559. The van der Waals surface area contributed by atoms with Crippen LogP contribution in [0.4, 0.5) is 8.78 Å². The van der Waals surface area contributed by atoms with Crippen LogP contribution in [-0.4, -0.2) is 52.6 Å². The summed E-state index contributed by atoms with van der Waals surface area (Å²) in [6, 6.07) is 12.2. The standard InChI is InChI=1S/C30H30F2N4O5S/c1-18-10-11-42-30(13-24(34-42)40-2)17-35(18)29(39)25-27(41-16-19-6-4-3-5-7-19)26(37)22(15-36(25)30)28(38)33-14-20-8-9-21(31)12-23(20)32/h3-9,12,15,18,42H,10-11,13-14,16-17H2,1-2H3,(H,33,38)/t18-,30?/m0/s1. The third kappa shape index (κ3) is 4.73. The second kappa shape index (κ2) is 10.9. The van der Waals surface area contributed by atoms with Crippen molar-refractivity contribution in [3.63, 3.8) is 0 Å².